The molecule has 2 rings (SSSR count). The number of benzene rings is 2. The lowest BCUT2D eigenvalue weighted by Crippen LogP contribution is -2.04. The standard InChI is InChI=1S/C15H12O3/c16-15(18-14-9-5-2-6-10-14)11-12-17-13-7-3-1-4-8-13/h1-12H. The van der Waals surface area contributed by atoms with Crippen LogP contribution in [-0.4, -0.2) is 5.97 Å². The van der Waals surface area contributed by atoms with Gasteiger partial charge in [0.15, 0.2) is 0 Å². The second kappa shape index (κ2) is 6.25. The first-order chi connectivity index (χ1) is 8.84. The predicted molar refractivity (Wildman–Crippen MR) is 68.3 cm³/mol. The van der Waals surface area contributed by atoms with Crippen LogP contribution in [-0.2, 0) is 4.79 Å². The van der Waals surface area contributed by atoms with Gasteiger partial charge in [0, 0.05) is 0 Å². The summed E-state index contributed by atoms with van der Waals surface area (Å²) in [7, 11) is 0. The fourth-order valence-corrected chi connectivity index (χ4v) is 1.31. The van der Waals surface area contributed by atoms with Crippen LogP contribution in [0.1, 0.15) is 0 Å². The van der Waals surface area contributed by atoms with Crippen molar-refractivity contribution in [1.82, 2.24) is 0 Å². The van der Waals surface area contributed by atoms with Crippen molar-refractivity contribution in [2.75, 3.05) is 0 Å². The van der Waals surface area contributed by atoms with Crippen LogP contribution in [0.15, 0.2) is 73.0 Å². The van der Waals surface area contributed by atoms with Gasteiger partial charge < -0.3 is 9.47 Å². The van der Waals surface area contributed by atoms with Gasteiger partial charge in [0.2, 0.25) is 0 Å². The maximum atomic E-state index is 11.4. The van der Waals surface area contributed by atoms with Gasteiger partial charge in [0.1, 0.15) is 11.5 Å². The van der Waals surface area contributed by atoms with Gasteiger partial charge in [-0.1, -0.05) is 36.4 Å². The molecule has 3 heteroatoms. The minimum Gasteiger partial charge on any atom is -0.465 e. The molecule has 0 bridgehead atoms. The zero-order valence-electron chi connectivity index (χ0n) is 9.65. The molecule has 0 aliphatic rings. The number of esters is 1. The molecule has 0 saturated heterocycles. The topological polar surface area (TPSA) is 35.5 Å². The molecule has 90 valence electrons. The van der Waals surface area contributed by atoms with Gasteiger partial charge in [-0.2, -0.15) is 0 Å². The van der Waals surface area contributed by atoms with E-state index in [2.05, 4.69) is 0 Å². The van der Waals surface area contributed by atoms with E-state index >= 15 is 0 Å². The van der Waals surface area contributed by atoms with E-state index in [-0.39, 0.29) is 0 Å². The van der Waals surface area contributed by atoms with E-state index in [1.54, 1.807) is 36.4 Å². The molecule has 0 radical (unpaired) electrons. The van der Waals surface area contributed by atoms with Crippen LogP contribution >= 0.6 is 0 Å². The second-order valence-electron chi connectivity index (χ2n) is 3.47. The van der Waals surface area contributed by atoms with Crippen LogP contribution in [0.5, 0.6) is 11.5 Å². The van der Waals surface area contributed by atoms with E-state index in [9.17, 15) is 4.79 Å². The SMILES string of the molecule is O=C(C=COc1ccccc1)Oc1ccccc1. The molecule has 2 aromatic rings. The number of para-hydroxylation sites is 2. The fraction of sp³-hybridized carbons (Fsp3) is 0. The van der Waals surface area contributed by atoms with E-state index in [1.165, 1.54) is 12.3 Å². The van der Waals surface area contributed by atoms with Crippen molar-refractivity contribution < 1.29 is 14.3 Å². The third-order valence-electron chi connectivity index (χ3n) is 2.11. The molecule has 0 saturated carbocycles. The molecule has 2 aromatic carbocycles. The van der Waals surface area contributed by atoms with Crippen molar-refractivity contribution in [2.24, 2.45) is 0 Å². The Morgan fingerprint density at radius 3 is 2.00 bits per heavy atom. The summed E-state index contributed by atoms with van der Waals surface area (Å²) in [5, 5.41) is 0. The summed E-state index contributed by atoms with van der Waals surface area (Å²) in [6.07, 6.45) is 2.54. The van der Waals surface area contributed by atoms with E-state index in [4.69, 9.17) is 9.47 Å². The highest BCUT2D eigenvalue weighted by Gasteiger charge is 1.98. The fourth-order valence-electron chi connectivity index (χ4n) is 1.31. The number of hydrogen-bond acceptors (Lipinski definition) is 3. The Balaban J connectivity index is 1.85. The normalized spacial score (nSPS) is 10.2. The number of hydrogen-bond donors (Lipinski definition) is 0. The quantitative estimate of drug-likeness (QED) is 0.356. The van der Waals surface area contributed by atoms with Gasteiger partial charge in [-0.05, 0) is 24.3 Å². The Hall–Kier alpha value is -2.55. The zero-order chi connectivity index (χ0) is 12.6. The Morgan fingerprint density at radius 1 is 0.833 bits per heavy atom. The second-order valence-corrected chi connectivity index (χ2v) is 3.47. The molecule has 3 nitrogen and oxygen atoms in total. The van der Waals surface area contributed by atoms with Crippen molar-refractivity contribution in [3.8, 4) is 11.5 Å². The number of carbonyl (C=O) groups is 1. The van der Waals surface area contributed by atoms with Crippen molar-refractivity contribution in [3.63, 3.8) is 0 Å². The summed E-state index contributed by atoms with van der Waals surface area (Å²) in [6, 6.07) is 18.1. The Labute approximate surface area is 105 Å². The molecule has 18 heavy (non-hydrogen) atoms. The molecule has 0 fully saturated rings. The highest BCUT2D eigenvalue weighted by atomic mass is 16.5. The van der Waals surface area contributed by atoms with E-state index in [0.29, 0.717) is 11.5 Å². The maximum Gasteiger partial charge on any atom is 0.339 e. The maximum absolute atomic E-state index is 11.4. The van der Waals surface area contributed by atoms with Gasteiger partial charge in [-0.15, -0.1) is 0 Å². The zero-order valence-corrected chi connectivity index (χ0v) is 9.65. The van der Waals surface area contributed by atoms with E-state index in [0.717, 1.165) is 0 Å². The molecule has 0 atom stereocenters. The lowest BCUT2D eigenvalue weighted by Gasteiger charge is -2.00. The van der Waals surface area contributed by atoms with Crippen LogP contribution in [0.4, 0.5) is 0 Å². The van der Waals surface area contributed by atoms with Gasteiger partial charge in [0.05, 0.1) is 12.3 Å². The molecule has 0 aromatic heterocycles. The summed E-state index contributed by atoms with van der Waals surface area (Å²) < 4.78 is 10.3. The third kappa shape index (κ3) is 3.79. The van der Waals surface area contributed by atoms with Gasteiger partial charge >= 0.3 is 5.97 Å². The van der Waals surface area contributed by atoms with Crippen molar-refractivity contribution in [1.29, 1.82) is 0 Å². The summed E-state index contributed by atoms with van der Waals surface area (Å²) >= 11 is 0. The molecular formula is C15H12O3. The monoisotopic (exact) mass is 240 g/mol. The molecule has 0 aliphatic heterocycles. The van der Waals surface area contributed by atoms with Crippen LogP contribution in [0.3, 0.4) is 0 Å². The Morgan fingerprint density at radius 2 is 1.39 bits per heavy atom. The first-order valence-electron chi connectivity index (χ1n) is 5.50. The summed E-state index contributed by atoms with van der Waals surface area (Å²) in [4.78, 5) is 11.4. The van der Waals surface area contributed by atoms with E-state index < -0.39 is 5.97 Å². The van der Waals surface area contributed by atoms with Gasteiger partial charge in [-0.25, -0.2) is 4.79 Å². The van der Waals surface area contributed by atoms with Gasteiger partial charge in [-0.3, -0.25) is 0 Å². The predicted octanol–water partition coefficient (Wildman–Crippen LogP) is 3.18. The summed E-state index contributed by atoms with van der Waals surface area (Å²) in [6.45, 7) is 0. The van der Waals surface area contributed by atoms with Crippen molar-refractivity contribution >= 4 is 5.97 Å². The van der Waals surface area contributed by atoms with Crippen molar-refractivity contribution in [2.45, 2.75) is 0 Å². The van der Waals surface area contributed by atoms with Crippen LogP contribution in [0.25, 0.3) is 0 Å². The molecule has 0 spiro atoms. The van der Waals surface area contributed by atoms with Crippen LogP contribution in [0, 0.1) is 0 Å². The number of carbonyl (C=O) groups excluding carboxylic acids is 1. The number of ether oxygens (including phenoxy) is 2. The van der Waals surface area contributed by atoms with Crippen LogP contribution in [0.2, 0.25) is 0 Å². The Bertz CT molecular complexity index is 518. The summed E-state index contributed by atoms with van der Waals surface area (Å²) in [5.74, 6) is 0.699. The molecule has 0 heterocycles. The van der Waals surface area contributed by atoms with Crippen LogP contribution < -0.4 is 9.47 Å². The van der Waals surface area contributed by atoms with Crippen molar-refractivity contribution in [3.05, 3.63) is 73.0 Å². The third-order valence-corrected chi connectivity index (χ3v) is 2.11. The van der Waals surface area contributed by atoms with Gasteiger partial charge in [0.25, 0.3) is 0 Å². The molecular weight excluding hydrogens is 228 g/mol. The number of rotatable bonds is 4. The minimum absolute atomic E-state index is 0.475. The minimum atomic E-state index is -0.475. The molecule has 0 aliphatic carbocycles. The highest BCUT2D eigenvalue weighted by molar-refractivity contribution is 5.83. The average molecular weight is 240 g/mol. The Kier molecular flexibility index (Phi) is 4.14. The lowest BCUT2D eigenvalue weighted by atomic mass is 10.3. The van der Waals surface area contributed by atoms with E-state index in [1.807, 2.05) is 24.3 Å². The summed E-state index contributed by atoms with van der Waals surface area (Å²) in [5.41, 5.74) is 0. The first kappa shape index (κ1) is 11.9. The lowest BCUT2D eigenvalue weighted by molar-refractivity contribution is -0.129. The average Bonchev–Trinajstić information content (AvgIpc) is 2.41. The molecule has 0 N–H and O–H groups in total. The highest BCUT2D eigenvalue weighted by Crippen LogP contribution is 2.10. The smallest absolute Gasteiger partial charge is 0.339 e. The molecule has 0 unspecified atom stereocenters. The molecule has 0 amide bonds. The largest absolute Gasteiger partial charge is 0.465 e. The first-order valence-corrected chi connectivity index (χ1v) is 5.50.